The Balaban J connectivity index is 2.81. The van der Waals surface area contributed by atoms with Crippen LogP contribution in [0.25, 0.3) is 0 Å². The molecule has 0 heterocycles. The van der Waals surface area contributed by atoms with E-state index in [9.17, 15) is 22.3 Å². The summed E-state index contributed by atoms with van der Waals surface area (Å²) in [5.74, 6) is -2.08. The van der Waals surface area contributed by atoms with Crippen molar-refractivity contribution in [3.63, 3.8) is 0 Å². The Labute approximate surface area is 92.6 Å². The molecule has 1 atom stereocenters. The van der Waals surface area contributed by atoms with Gasteiger partial charge in [0.25, 0.3) is 0 Å². The summed E-state index contributed by atoms with van der Waals surface area (Å²) in [6.45, 7) is 0. The smallest absolute Gasteiger partial charge is 0.150 e. The number of aliphatic hydroxyl groups excluding tert-OH is 1. The zero-order valence-corrected chi connectivity index (χ0v) is 9.47. The van der Waals surface area contributed by atoms with Gasteiger partial charge in [-0.2, -0.15) is 0 Å². The summed E-state index contributed by atoms with van der Waals surface area (Å²) in [7, 11) is -3.36. The molecule has 0 aliphatic rings. The first kappa shape index (κ1) is 13.1. The highest BCUT2D eigenvalue weighted by atomic mass is 32.2. The summed E-state index contributed by atoms with van der Waals surface area (Å²) in [5, 5.41) is 9.37. The van der Waals surface area contributed by atoms with Crippen molar-refractivity contribution in [2.45, 2.75) is 12.5 Å². The van der Waals surface area contributed by atoms with Crippen LogP contribution in [-0.4, -0.2) is 31.6 Å². The van der Waals surface area contributed by atoms with E-state index in [4.69, 9.17) is 0 Å². The van der Waals surface area contributed by atoms with Crippen LogP contribution in [0.3, 0.4) is 0 Å². The highest BCUT2D eigenvalue weighted by molar-refractivity contribution is 7.90. The van der Waals surface area contributed by atoms with E-state index >= 15 is 0 Å². The number of hydrogen-bond acceptors (Lipinski definition) is 3. The molecule has 0 saturated heterocycles. The van der Waals surface area contributed by atoms with Gasteiger partial charge in [-0.1, -0.05) is 6.07 Å². The molecule has 0 radical (unpaired) electrons. The maximum absolute atomic E-state index is 13.1. The fourth-order valence-corrected chi connectivity index (χ4v) is 2.19. The Morgan fingerprint density at radius 3 is 2.25 bits per heavy atom. The monoisotopic (exact) mass is 250 g/mol. The number of rotatable bonds is 4. The van der Waals surface area contributed by atoms with Gasteiger partial charge in [-0.15, -0.1) is 0 Å². The first-order valence-electron chi connectivity index (χ1n) is 4.58. The lowest BCUT2D eigenvalue weighted by molar-refractivity contribution is 0.195. The maximum atomic E-state index is 13.1. The average molecular weight is 250 g/mol. The highest BCUT2D eigenvalue weighted by Gasteiger charge is 2.17. The normalized spacial score (nSPS) is 13.8. The minimum Gasteiger partial charge on any atom is -0.392 e. The Morgan fingerprint density at radius 2 is 1.81 bits per heavy atom. The van der Waals surface area contributed by atoms with E-state index in [1.807, 2.05) is 0 Å². The number of hydrogen-bond donors (Lipinski definition) is 1. The lowest BCUT2D eigenvalue weighted by Crippen LogP contribution is -2.23. The first-order valence-corrected chi connectivity index (χ1v) is 6.64. The Bertz CT molecular complexity index is 451. The second-order valence-electron chi connectivity index (χ2n) is 3.65. The second kappa shape index (κ2) is 4.88. The van der Waals surface area contributed by atoms with E-state index in [1.165, 1.54) is 6.07 Å². The summed E-state index contributed by atoms with van der Waals surface area (Å²) in [6, 6.07) is 3.33. The number of sulfone groups is 1. The lowest BCUT2D eigenvalue weighted by atomic mass is 10.1. The third-order valence-corrected chi connectivity index (χ3v) is 2.99. The molecular formula is C10H12F2O3S. The molecule has 3 nitrogen and oxygen atoms in total. The van der Waals surface area contributed by atoms with Crippen LogP contribution in [0.1, 0.15) is 5.56 Å². The van der Waals surface area contributed by atoms with Gasteiger partial charge in [0, 0.05) is 18.2 Å². The lowest BCUT2D eigenvalue weighted by Gasteiger charge is -2.10. The van der Waals surface area contributed by atoms with Crippen molar-refractivity contribution in [2.24, 2.45) is 0 Å². The van der Waals surface area contributed by atoms with Crippen LogP contribution in [0.2, 0.25) is 0 Å². The summed E-state index contributed by atoms with van der Waals surface area (Å²) < 4.78 is 48.0. The molecule has 16 heavy (non-hydrogen) atoms. The molecule has 6 heteroatoms. The molecule has 0 amide bonds. The summed E-state index contributed by atoms with van der Waals surface area (Å²) in [5.41, 5.74) is -0.293. The molecule has 0 saturated carbocycles. The zero-order valence-electron chi connectivity index (χ0n) is 8.65. The molecule has 0 aromatic heterocycles. The van der Waals surface area contributed by atoms with Gasteiger partial charge < -0.3 is 5.11 Å². The van der Waals surface area contributed by atoms with E-state index in [1.54, 1.807) is 0 Å². The molecule has 1 aromatic rings. The standard InChI is InChI=1S/C10H12F2O3S/c1-16(14,15)6-7(13)5-8-9(11)3-2-4-10(8)12/h2-4,7,13H,5-6H2,1H3. The molecule has 90 valence electrons. The van der Waals surface area contributed by atoms with E-state index in [0.717, 1.165) is 18.4 Å². The first-order chi connectivity index (χ1) is 7.29. The van der Waals surface area contributed by atoms with Gasteiger partial charge in [-0.05, 0) is 12.1 Å². The van der Waals surface area contributed by atoms with Crippen LogP contribution >= 0.6 is 0 Å². The predicted molar refractivity (Wildman–Crippen MR) is 55.8 cm³/mol. The Morgan fingerprint density at radius 1 is 1.31 bits per heavy atom. The van der Waals surface area contributed by atoms with Crippen molar-refractivity contribution in [1.82, 2.24) is 0 Å². The number of benzene rings is 1. The third kappa shape index (κ3) is 3.86. The largest absolute Gasteiger partial charge is 0.392 e. The molecule has 0 aliphatic carbocycles. The van der Waals surface area contributed by atoms with Crippen molar-refractivity contribution in [3.8, 4) is 0 Å². The minimum atomic E-state index is -3.36. The topological polar surface area (TPSA) is 54.4 Å². The van der Waals surface area contributed by atoms with E-state index in [2.05, 4.69) is 0 Å². The predicted octanol–water partition coefficient (Wildman–Crippen LogP) is 0.913. The van der Waals surface area contributed by atoms with Gasteiger partial charge in [0.15, 0.2) is 0 Å². The van der Waals surface area contributed by atoms with Crippen molar-refractivity contribution in [2.75, 3.05) is 12.0 Å². The van der Waals surface area contributed by atoms with Crippen LogP contribution in [0.5, 0.6) is 0 Å². The molecule has 1 unspecified atom stereocenters. The molecular weight excluding hydrogens is 238 g/mol. The Kier molecular flexibility index (Phi) is 3.98. The molecule has 1 aromatic carbocycles. The fraction of sp³-hybridized carbons (Fsp3) is 0.400. The fourth-order valence-electron chi connectivity index (χ4n) is 1.37. The van der Waals surface area contributed by atoms with E-state index < -0.39 is 33.3 Å². The molecule has 1 N–H and O–H groups in total. The summed E-state index contributed by atoms with van der Waals surface area (Å²) in [4.78, 5) is 0. The van der Waals surface area contributed by atoms with Crippen LogP contribution in [0, 0.1) is 11.6 Å². The van der Waals surface area contributed by atoms with Gasteiger partial charge in [0.2, 0.25) is 0 Å². The van der Waals surface area contributed by atoms with Gasteiger partial charge in [-0.25, -0.2) is 17.2 Å². The van der Waals surface area contributed by atoms with Crippen LogP contribution < -0.4 is 0 Å². The summed E-state index contributed by atoms with van der Waals surface area (Å²) >= 11 is 0. The van der Waals surface area contributed by atoms with Gasteiger partial charge >= 0.3 is 0 Å². The zero-order chi connectivity index (χ0) is 12.3. The molecule has 0 spiro atoms. The van der Waals surface area contributed by atoms with Gasteiger partial charge in [0.1, 0.15) is 21.5 Å². The minimum absolute atomic E-state index is 0.293. The molecule has 1 rings (SSSR count). The van der Waals surface area contributed by atoms with Crippen molar-refractivity contribution in [3.05, 3.63) is 35.4 Å². The van der Waals surface area contributed by atoms with Crippen molar-refractivity contribution in [1.29, 1.82) is 0 Å². The van der Waals surface area contributed by atoms with Crippen LogP contribution in [-0.2, 0) is 16.3 Å². The van der Waals surface area contributed by atoms with Crippen LogP contribution in [0.4, 0.5) is 8.78 Å². The molecule has 0 aliphatic heterocycles. The number of halogens is 2. The van der Waals surface area contributed by atoms with Crippen molar-refractivity contribution < 1.29 is 22.3 Å². The Hall–Kier alpha value is -1.01. The highest BCUT2D eigenvalue weighted by Crippen LogP contribution is 2.14. The molecule has 0 bridgehead atoms. The average Bonchev–Trinajstić information content (AvgIpc) is 2.08. The van der Waals surface area contributed by atoms with Crippen LogP contribution in [0.15, 0.2) is 18.2 Å². The molecule has 0 fully saturated rings. The maximum Gasteiger partial charge on any atom is 0.150 e. The van der Waals surface area contributed by atoms with E-state index in [-0.39, 0.29) is 12.0 Å². The van der Waals surface area contributed by atoms with Gasteiger partial charge in [0.05, 0.1) is 11.9 Å². The van der Waals surface area contributed by atoms with Crippen molar-refractivity contribution >= 4 is 9.84 Å². The van der Waals surface area contributed by atoms with E-state index in [0.29, 0.717) is 0 Å². The second-order valence-corrected chi connectivity index (χ2v) is 5.84. The SMILES string of the molecule is CS(=O)(=O)CC(O)Cc1c(F)cccc1F. The summed E-state index contributed by atoms with van der Waals surface area (Å²) in [6.07, 6.45) is -0.708. The quantitative estimate of drug-likeness (QED) is 0.864. The number of aliphatic hydroxyl groups is 1. The van der Waals surface area contributed by atoms with Gasteiger partial charge in [-0.3, -0.25) is 0 Å². The third-order valence-electron chi connectivity index (χ3n) is 2.00.